The molecule has 3 heteroatoms. The van der Waals surface area contributed by atoms with Crippen molar-refractivity contribution < 1.29 is 13.6 Å². The molecule has 0 saturated heterocycles. The molecule has 0 spiro atoms. The van der Waals surface area contributed by atoms with E-state index in [0.29, 0.717) is 11.9 Å². The third-order valence-electron chi connectivity index (χ3n) is 5.45. The van der Waals surface area contributed by atoms with Gasteiger partial charge in [0.05, 0.1) is 12.5 Å². The molecule has 6 rings (SSSR count). The van der Waals surface area contributed by atoms with Crippen LogP contribution in [0.4, 0.5) is 0 Å². The van der Waals surface area contributed by atoms with Crippen molar-refractivity contribution in [2.24, 2.45) is 0 Å². The number of hydrogen-bond acceptors (Lipinski definition) is 3. The summed E-state index contributed by atoms with van der Waals surface area (Å²) >= 11 is 0. The zero-order valence-corrected chi connectivity index (χ0v) is 16.1. The lowest BCUT2D eigenvalue weighted by Gasteiger charge is -2.18. The smallest absolute Gasteiger partial charge is 0.292 e. The molecule has 1 aliphatic carbocycles. The Balaban J connectivity index is 0.000000142. The second-order valence-electron chi connectivity index (χ2n) is 7.26. The number of aryl methyl sites for hydroxylation is 2. The molecule has 3 aromatic carbocycles. The zero-order chi connectivity index (χ0) is 19.5. The van der Waals surface area contributed by atoms with Crippen LogP contribution in [0.25, 0.3) is 21.5 Å². The molecule has 2 heterocycles. The SMILES string of the molecule is c1ccc2c(c1)ccc1c3c(ccc12)CCCC3.c1coc(Oc2ccco2)c1. The summed E-state index contributed by atoms with van der Waals surface area (Å²) in [5, 5.41) is 5.64. The third kappa shape index (κ3) is 3.64. The van der Waals surface area contributed by atoms with Crippen molar-refractivity contribution >= 4 is 21.5 Å². The molecule has 0 unspecified atom stereocenters. The Kier molecular flexibility index (Phi) is 4.79. The Morgan fingerprint density at radius 2 is 1.31 bits per heavy atom. The van der Waals surface area contributed by atoms with E-state index in [1.165, 1.54) is 59.8 Å². The van der Waals surface area contributed by atoms with Crippen LogP contribution in [0.2, 0.25) is 0 Å². The minimum atomic E-state index is 0.431. The maximum Gasteiger partial charge on any atom is 0.292 e. The van der Waals surface area contributed by atoms with Crippen LogP contribution in [0.3, 0.4) is 0 Å². The van der Waals surface area contributed by atoms with Gasteiger partial charge in [-0.15, -0.1) is 0 Å². The van der Waals surface area contributed by atoms with Gasteiger partial charge in [0, 0.05) is 12.1 Å². The average molecular weight is 382 g/mol. The van der Waals surface area contributed by atoms with Crippen molar-refractivity contribution in [3.05, 3.63) is 96.4 Å². The maximum atomic E-state index is 5.12. The predicted octanol–water partition coefficient (Wildman–Crippen LogP) is 7.54. The van der Waals surface area contributed by atoms with Crippen molar-refractivity contribution in [2.75, 3.05) is 0 Å². The minimum Gasteiger partial charge on any atom is -0.434 e. The fourth-order valence-corrected chi connectivity index (χ4v) is 4.08. The highest BCUT2D eigenvalue weighted by Crippen LogP contribution is 2.33. The van der Waals surface area contributed by atoms with Gasteiger partial charge in [-0.1, -0.05) is 48.5 Å². The summed E-state index contributed by atoms with van der Waals surface area (Å²) < 4.78 is 15.0. The Bertz CT molecular complexity index is 1190. The van der Waals surface area contributed by atoms with Crippen LogP contribution in [0.5, 0.6) is 11.9 Å². The van der Waals surface area contributed by atoms with E-state index in [1.54, 1.807) is 35.4 Å². The van der Waals surface area contributed by atoms with Crippen LogP contribution in [0, 0.1) is 0 Å². The number of ether oxygens (including phenoxy) is 1. The third-order valence-corrected chi connectivity index (χ3v) is 5.45. The van der Waals surface area contributed by atoms with Crippen molar-refractivity contribution in [3.8, 4) is 11.9 Å². The molecule has 0 N–H and O–H groups in total. The summed E-state index contributed by atoms with van der Waals surface area (Å²) in [5.74, 6) is 0.861. The summed E-state index contributed by atoms with van der Waals surface area (Å²) in [6, 6.07) is 24.9. The lowest BCUT2D eigenvalue weighted by atomic mass is 9.86. The quantitative estimate of drug-likeness (QED) is 0.296. The Labute approximate surface area is 169 Å². The van der Waals surface area contributed by atoms with Crippen molar-refractivity contribution in [1.82, 2.24) is 0 Å². The second-order valence-corrected chi connectivity index (χ2v) is 7.26. The second kappa shape index (κ2) is 7.88. The number of fused-ring (bicyclic) bond motifs is 5. The molecule has 0 radical (unpaired) electrons. The van der Waals surface area contributed by atoms with E-state index in [-0.39, 0.29) is 0 Å². The first kappa shape index (κ1) is 17.6. The van der Waals surface area contributed by atoms with Gasteiger partial charge in [-0.25, -0.2) is 0 Å². The molecule has 29 heavy (non-hydrogen) atoms. The molecular weight excluding hydrogens is 360 g/mol. The van der Waals surface area contributed by atoms with Gasteiger partial charge >= 0.3 is 0 Å². The first-order chi connectivity index (χ1) is 14.4. The van der Waals surface area contributed by atoms with Gasteiger partial charge in [0.25, 0.3) is 11.9 Å². The van der Waals surface area contributed by atoms with E-state index in [0.717, 1.165) is 0 Å². The fraction of sp³-hybridized carbons (Fsp3) is 0.154. The van der Waals surface area contributed by atoms with E-state index in [4.69, 9.17) is 13.6 Å². The predicted molar refractivity (Wildman–Crippen MR) is 116 cm³/mol. The Morgan fingerprint density at radius 1 is 0.586 bits per heavy atom. The summed E-state index contributed by atoms with van der Waals surface area (Å²) in [6.07, 6.45) is 8.30. The van der Waals surface area contributed by atoms with Gasteiger partial charge in [0.1, 0.15) is 0 Å². The molecule has 0 fully saturated rings. The van der Waals surface area contributed by atoms with Crippen LogP contribution in [-0.4, -0.2) is 0 Å². The molecule has 3 nitrogen and oxygen atoms in total. The molecule has 2 aromatic heterocycles. The summed E-state index contributed by atoms with van der Waals surface area (Å²) in [7, 11) is 0. The van der Waals surface area contributed by atoms with E-state index in [1.807, 2.05) is 0 Å². The van der Waals surface area contributed by atoms with E-state index in [2.05, 4.69) is 48.5 Å². The van der Waals surface area contributed by atoms with Gasteiger partial charge in [0.15, 0.2) is 0 Å². The summed E-state index contributed by atoms with van der Waals surface area (Å²) in [6.45, 7) is 0. The van der Waals surface area contributed by atoms with Crippen molar-refractivity contribution in [3.63, 3.8) is 0 Å². The standard InChI is InChI=1S/C18H16.C8H6O3/c1-3-7-15-13(5-1)9-11-18-16-8-4-2-6-14(16)10-12-17(15)18;1-3-7(9-5-1)11-8-4-2-6-10-8/h1,3,5,7,9-12H,2,4,6,8H2;1-6H. The normalized spacial score (nSPS) is 13.0. The topological polar surface area (TPSA) is 35.5 Å². The number of benzene rings is 3. The lowest BCUT2D eigenvalue weighted by Crippen LogP contribution is -2.02. The monoisotopic (exact) mass is 382 g/mol. The Morgan fingerprint density at radius 3 is 2.07 bits per heavy atom. The molecule has 1 aliphatic rings. The Hall–Kier alpha value is -3.46. The first-order valence-corrected chi connectivity index (χ1v) is 10.1. The van der Waals surface area contributed by atoms with Crippen LogP contribution in [0.15, 0.2) is 94.2 Å². The highest BCUT2D eigenvalue weighted by Gasteiger charge is 2.13. The highest BCUT2D eigenvalue weighted by atomic mass is 16.6. The molecular formula is C26H22O3. The number of rotatable bonds is 2. The molecule has 0 amide bonds. The molecule has 0 saturated carbocycles. The van der Waals surface area contributed by atoms with E-state index < -0.39 is 0 Å². The highest BCUT2D eigenvalue weighted by molar-refractivity contribution is 6.08. The largest absolute Gasteiger partial charge is 0.434 e. The molecule has 0 atom stereocenters. The van der Waals surface area contributed by atoms with Gasteiger partial charge in [-0.3, -0.25) is 0 Å². The van der Waals surface area contributed by atoms with E-state index >= 15 is 0 Å². The van der Waals surface area contributed by atoms with Crippen molar-refractivity contribution in [1.29, 1.82) is 0 Å². The maximum absolute atomic E-state index is 5.12. The van der Waals surface area contributed by atoms with Gasteiger partial charge in [-0.05, 0) is 70.5 Å². The fourth-order valence-electron chi connectivity index (χ4n) is 4.08. The first-order valence-electron chi connectivity index (χ1n) is 10.1. The molecule has 0 aliphatic heterocycles. The number of hydrogen-bond donors (Lipinski definition) is 0. The van der Waals surface area contributed by atoms with Crippen LogP contribution in [-0.2, 0) is 12.8 Å². The van der Waals surface area contributed by atoms with Crippen LogP contribution in [0.1, 0.15) is 24.0 Å². The molecule has 5 aromatic rings. The number of furan rings is 2. The van der Waals surface area contributed by atoms with Gasteiger partial charge in [0.2, 0.25) is 0 Å². The minimum absolute atomic E-state index is 0.431. The summed E-state index contributed by atoms with van der Waals surface area (Å²) in [5.41, 5.74) is 3.17. The zero-order valence-electron chi connectivity index (χ0n) is 16.1. The van der Waals surface area contributed by atoms with Gasteiger partial charge in [-0.2, -0.15) is 0 Å². The van der Waals surface area contributed by atoms with E-state index in [9.17, 15) is 0 Å². The van der Waals surface area contributed by atoms with Crippen LogP contribution < -0.4 is 4.74 Å². The average Bonchev–Trinajstić information content (AvgIpc) is 3.49. The van der Waals surface area contributed by atoms with Crippen LogP contribution >= 0.6 is 0 Å². The molecule has 144 valence electrons. The summed E-state index contributed by atoms with van der Waals surface area (Å²) in [4.78, 5) is 0. The molecule has 0 bridgehead atoms. The van der Waals surface area contributed by atoms with Gasteiger partial charge < -0.3 is 13.6 Å². The lowest BCUT2D eigenvalue weighted by molar-refractivity contribution is 0.280. The van der Waals surface area contributed by atoms with Crippen molar-refractivity contribution in [2.45, 2.75) is 25.7 Å².